The Balaban J connectivity index is 1.71. The molecule has 0 spiro atoms. The van der Waals surface area contributed by atoms with E-state index in [1.807, 2.05) is 12.1 Å². The van der Waals surface area contributed by atoms with Gasteiger partial charge < -0.3 is 20.6 Å². The minimum absolute atomic E-state index is 0.00565. The van der Waals surface area contributed by atoms with Crippen molar-refractivity contribution in [1.82, 2.24) is 10.2 Å². The number of anilines is 1. The summed E-state index contributed by atoms with van der Waals surface area (Å²) in [5, 5.41) is 17.4. The summed E-state index contributed by atoms with van der Waals surface area (Å²) in [5.74, 6) is 0.284. The first kappa shape index (κ1) is 16.9. The molecule has 0 saturated heterocycles. The molecule has 1 aromatic heterocycles. The van der Waals surface area contributed by atoms with Crippen LogP contribution in [0, 0.1) is 7.14 Å². The van der Waals surface area contributed by atoms with Gasteiger partial charge in [0.15, 0.2) is 0 Å². The SMILES string of the molecule is CN1CCc2c(sc3c2C(=O)N[C@H](c2cc(I)c(O)c(I)c2)N3)C1. The van der Waals surface area contributed by atoms with Gasteiger partial charge in [-0.1, -0.05) is 0 Å². The van der Waals surface area contributed by atoms with Gasteiger partial charge in [-0.15, -0.1) is 11.3 Å². The molecule has 0 saturated carbocycles. The number of aromatic hydroxyl groups is 1. The quantitative estimate of drug-likeness (QED) is 0.462. The lowest BCUT2D eigenvalue weighted by molar-refractivity contribution is 0.0935. The fourth-order valence-electron chi connectivity index (χ4n) is 3.16. The molecule has 8 heteroatoms. The van der Waals surface area contributed by atoms with Crippen molar-refractivity contribution < 1.29 is 9.90 Å². The molecule has 0 aliphatic carbocycles. The van der Waals surface area contributed by atoms with Crippen molar-refractivity contribution in [2.24, 2.45) is 0 Å². The average Bonchev–Trinajstić information content (AvgIpc) is 2.89. The summed E-state index contributed by atoms with van der Waals surface area (Å²) in [6, 6.07) is 3.81. The van der Waals surface area contributed by atoms with E-state index in [4.69, 9.17) is 0 Å². The van der Waals surface area contributed by atoms with Gasteiger partial charge in [-0.05, 0) is 81.9 Å². The Kier molecular flexibility index (Phi) is 4.42. The number of carbonyl (C=O) groups excluding carboxylic acids is 1. The van der Waals surface area contributed by atoms with Crippen LogP contribution in [0.15, 0.2) is 12.1 Å². The molecule has 3 heterocycles. The average molecular weight is 567 g/mol. The molecule has 126 valence electrons. The largest absolute Gasteiger partial charge is 0.506 e. The lowest BCUT2D eigenvalue weighted by Crippen LogP contribution is -2.38. The number of amides is 1. The third kappa shape index (κ3) is 2.80. The highest BCUT2D eigenvalue weighted by molar-refractivity contribution is 14.1. The van der Waals surface area contributed by atoms with Gasteiger partial charge >= 0.3 is 0 Å². The molecule has 2 aliphatic heterocycles. The predicted octanol–water partition coefficient (Wildman–Crippen LogP) is 3.50. The van der Waals surface area contributed by atoms with E-state index in [9.17, 15) is 9.90 Å². The number of phenols is 1. The Labute approximate surface area is 171 Å². The second kappa shape index (κ2) is 6.29. The van der Waals surface area contributed by atoms with Gasteiger partial charge in [0.2, 0.25) is 0 Å². The van der Waals surface area contributed by atoms with Crippen LogP contribution in [0.4, 0.5) is 5.00 Å². The van der Waals surface area contributed by atoms with Crippen LogP contribution >= 0.6 is 56.5 Å². The molecule has 2 aliphatic rings. The van der Waals surface area contributed by atoms with Crippen LogP contribution in [0.5, 0.6) is 5.75 Å². The van der Waals surface area contributed by atoms with Gasteiger partial charge in [-0.2, -0.15) is 0 Å². The van der Waals surface area contributed by atoms with E-state index >= 15 is 0 Å². The number of nitrogens with one attached hydrogen (secondary N) is 2. The van der Waals surface area contributed by atoms with Crippen LogP contribution in [0.3, 0.4) is 0 Å². The number of halogens is 2. The van der Waals surface area contributed by atoms with Crippen LogP contribution in [-0.2, 0) is 13.0 Å². The topological polar surface area (TPSA) is 64.6 Å². The van der Waals surface area contributed by atoms with E-state index < -0.39 is 0 Å². The fraction of sp³-hybridized carbons (Fsp3) is 0.312. The molecular weight excluding hydrogens is 552 g/mol. The van der Waals surface area contributed by atoms with Gasteiger partial charge in [-0.3, -0.25) is 4.79 Å². The molecule has 0 fully saturated rings. The van der Waals surface area contributed by atoms with E-state index in [0.29, 0.717) is 0 Å². The molecule has 2 aromatic rings. The smallest absolute Gasteiger partial charge is 0.256 e. The summed E-state index contributed by atoms with van der Waals surface area (Å²) in [4.78, 5) is 16.3. The summed E-state index contributed by atoms with van der Waals surface area (Å²) in [6.07, 6.45) is 0.650. The van der Waals surface area contributed by atoms with Gasteiger partial charge in [0.25, 0.3) is 5.91 Å². The summed E-state index contributed by atoms with van der Waals surface area (Å²) in [7, 11) is 2.11. The first-order chi connectivity index (χ1) is 11.4. The van der Waals surface area contributed by atoms with E-state index in [1.165, 1.54) is 10.4 Å². The van der Waals surface area contributed by atoms with Gasteiger partial charge in [0.1, 0.15) is 16.9 Å². The Morgan fingerprint density at radius 1 is 1.29 bits per heavy atom. The molecule has 0 bridgehead atoms. The minimum atomic E-state index is -0.273. The number of fused-ring (bicyclic) bond motifs is 3. The van der Waals surface area contributed by atoms with Gasteiger partial charge in [0.05, 0.1) is 12.7 Å². The zero-order chi connectivity index (χ0) is 17.0. The Bertz CT molecular complexity index is 829. The van der Waals surface area contributed by atoms with E-state index in [1.54, 1.807) is 11.3 Å². The lowest BCUT2D eigenvalue weighted by Gasteiger charge is -2.27. The van der Waals surface area contributed by atoms with Crippen LogP contribution in [0.1, 0.15) is 32.5 Å². The second-order valence-electron chi connectivity index (χ2n) is 6.08. The van der Waals surface area contributed by atoms with Gasteiger partial charge in [-0.25, -0.2) is 0 Å². The van der Waals surface area contributed by atoms with E-state index in [2.05, 4.69) is 67.8 Å². The van der Waals surface area contributed by atoms with Crippen LogP contribution in [-0.4, -0.2) is 29.5 Å². The fourth-order valence-corrected chi connectivity index (χ4v) is 6.33. The lowest BCUT2D eigenvalue weighted by atomic mass is 10.0. The van der Waals surface area contributed by atoms with Crippen molar-refractivity contribution in [3.05, 3.63) is 40.8 Å². The maximum Gasteiger partial charge on any atom is 0.256 e. The van der Waals surface area contributed by atoms with E-state index in [0.717, 1.165) is 42.8 Å². The number of nitrogens with zero attached hydrogens (tertiary/aromatic N) is 1. The first-order valence-corrected chi connectivity index (χ1v) is 10.5. The summed E-state index contributed by atoms with van der Waals surface area (Å²) >= 11 is 5.91. The number of phenolic OH excluding ortho intramolecular Hbond substituents is 1. The van der Waals surface area contributed by atoms with Crippen molar-refractivity contribution in [2.75, 3.05) is 18.9 Å². The molecule has 5 nitrogen and oxygen atoms in total. The molecule has 1 aromatic carbocycles. The Morgan fingerprint density at radius 2 is 2.00 bits per heavy atom. The molecule has 24 heavy (non-hydrogen) atoms. The number of hydrogen-bond acceptors (Lipinski definition) is 5. The summed E-state index contributed by atoms with van der Waals surface area (Å²) in [5.41, 5.74) is 2.97. The normalized spacial score (nSPS) is 20.1. The number of hydrogen-bond donors (Lipinski definition) is 3. The van der Waals surface area contributed by atoms with Crippen molar-refractivity contribution >= 4 is 67.4 Å². The predicted molar refractivity (Wildman–Crippen MR) is 112 cm³/mol. The zero-order valence-electron chi connectivity index (χ0n) is 12.8. The van der Waals surface area contributed by atoms with Crippen molar-refractivity contribution in [2.45, 2.75) is 19.1 Å². The van der Waals surface area contributed by atoms with Crippen LogP contribution in [0.25, 0.3) is 0 Å². The standard InChI is InChI=1S/C16H15I2N3O2S/c1-21-3-2-8-11(6-21)24-16-12(8)15(23)19-14(20-16)7-4-9(17)13(22)10(18)5-7/h4-5,14,20,22H,2-3,6H2,1H3,(H,19,23)/t14-/m0/s1. The monoisotopic (exact) mass is 567 g/mol. The molecule has 3 N–H and O–H groups in total. The highest BCUT2D eigenvalue weighted by Gasteiger charge is 2.33. The highest BCUT2D eigenvalue weighted by Crippen LogP contribution is 2.41. The molecular formula is C16H15I2N3O2S. The number of carbonyl (C=O) groups is 1. The highest BCUT2D eigenvalue weighted by atomic mass is 127. The maximum absolute atomic E-state index is 12.7. The molecule has 0 unspecified atom stereocenters. The van der Waals surface area contributed by atoms with Crippen molar-refractivity contribution in [1.29, 1.82) is 0 Å². The third-order valence-electron chi connectivity index (χ3n) is 4.40. The number of benzene rings is 1. The second-order valence-corrected chi connectivity index (χ2v) is 9.51. The number of rotatable bonds is 1. The maximum atomic E-state index is 12.7. The van der Waals surface area contributed by atoms with Crippen molar-refractivity contribution in [3.8, 4) is 5.75 Å². The van der Waals surface area contributed by atoms with E-state index in [-0.39, 0.29) is 17.8 Å². The zero-order valence-corrected chi connectivity index (χ0v) is 18.0. The van der Waals surface area contributed by atoms with Gasteiger partial charge in [0, 0.05) is 18.0 Å². The number of thiophene rings is 1. The first-order valence-electron chi connectivity index (χ1n) is 7.52. The Morgan fingerprint density at radius 3 is 2.71 bits per heavy atom. The third-order valence-corrected chi connectivity index (χ3v) is 7.19. The van der Waals surface area contributed by atoms with Crippen LogP contribution in [0.2, 0.25) is 0 Å². The molecule has 1 atom stereocenters. The molecule has 4 rings (SSSR count). The van der Waals surface area contributed by atoms with Crippen molar-refractivity contribution in [3.63, 3.8) is 0 Å². The van der Waals surface area contributed by atoms with Crippen LogP contribution < -0.4 is 10.6 Å². The minimum Gasteiger partial charge on any atom is -0.506 e. The Hall–Kier alpha value is -0.590. The molecule has 1 amide bonds. The summed E-state index contributed by atoms with van der Waals surface area (Å²) < 4.78 is 1.56. The molecule has 0 radical (unpaired) electrons. The summed E-state index contributed by atoms with van der Waals surface area (Å²) in [6.45, 7) is 1.89. The number of likely N-dealkylation sites (N-methyl/N-ethyl adjacent to an activating group) is 1.